The Balaban J connectivity index is 1.54. The summed E-state index contributed by atoms with van der Waals surface area (Å²) in [5.74, 6) is -0.0188. The number of sulfonamides is 1. The molecule has 178 valence electrons. The maximum atomic E-state index is 13.5. The van der Waals surface area contributed by atoms with Gasteiger partial charge >= 0.3 is 0 Å². The van der Waals surface area contributed by atoms with Crippen LogP contribution in [0.3, 0.4) is 0 Å². The topological polar surface area (TPSA) is 100 Å². The summed E-state index contributed by atoms with van der Waals surface area (Å²) in [6.45, 7) is 0.827. The van der Waals surface area contributed by atoms with Crippen molar-refractivity contribution in [2.24, 2.45) is 0 Å². The second-order valence-corrected chi connectivity index (χ2v) is 9.51. The number of methoxy groups -OCH3 is 1. The molecule has 3 aromatic rings. The van der Waals surface area contributed by atoms with Gasteiger partial charge in [-0.3, -0.25) is 13.9 Å². The molecule has 0 unspecified atom stereocenters. The predicted molar refractivity (Wildman–Crippen MR) is 125 cm³/mol. The number of benzene rings is 2. The van der Waals surface area contributed by atoms with E-state index in [1.165, 1.54) is 25.5 Å². The first-order valence-corrected chi connectivity index (χ1v) is 12.2. The molecule has 0 N–H and O–H groups in total. The molecule has 2 heterocycles. The van der Waals surface area contributed by atoms with Crippen LogP contribution in [0.2, 0.25) is 0 Å². The van der Waals surface area contributed by atoms with Crippen LogP contribution in [0.1, 0.15) is 10.6 Å². The molecule has 0 saturated carbocycles. The number of amides is 2. The first kappa shape index (κ1) is 23.4. The monoisotopic (exact) mass is 483 g/mol. The summed E-state index contributed by atoms with van der Waals surface area (Å²) in [6, 6.07) is 17.9. The maximum absolute atomic E-state index is 13.5. The molecule has 9 nitrogen and oxygen atoms in total. The van der Waals surface area contributed by atoms with Crippen LogP contribution in [0.5, 0.6) is 5.75 Å². The molecule has 10 heteroatoms. The van der Waals surface area contributed by atoms with Crippen molar-refractivity contribution >= 4 is 27.5 Å². The standard InChI is InChI=1S/C24H25N3O6S/c1-32-21-11-6-5-10-20(21)27(34(30,31)19-8-3-2-4-9-19)18-23(28)25-13-15-26(16-14-25)24(29)22-12-7-17-33-22/h2-12,17H,13-16,18H2,1H3. The van der Waals surface area contributed by atoms with Gasteiger partial charge in [-0.05, 0) is 36.4 Å². The fraction of sp³-hybridized carbons (Fsp3) is 0.250. The van der Waals surface area contributed by atoms with Gasteiger partial charge in [-0.2, -0.15) is 0 Å². The Kier molecular flexibility index (Phi) is 6.87. The Hall–Kier alpha value is -3.79. The highest BCUT2D eigenvalue weighted by Crippen LogP contribution is 2.32. The fourth-order valence-corrected chi connectivity index (χ4v) is 5.24. The number of piperazine rings is 1. The lowest BCUT2D eigenvalue weighted by Crippen LogP contribution is -2.53. The average Bonchev–Trinajstić information content (AvgIpc) is 3.42. The molecule has 1 aliphatic rings. The van der Waals surface area contributed by atoms with Crippen LogP contribution in [0, 0.1) is 0 Å². The Morgan fingerprint density at radius 3 is 2.21 bits per heavy atom. The second-order valence-electron chi connectivity index (χ2n) is 7.65. The number of furan rings is 1. The van der Waals surface area contributed by atoms with Gasteiger partial charge in [0.2, 0.25) is 5.91 Å². The first-order valence-electron chi connectivity index (χ1n) is 10.7. The van der Waals surface area contributed by atoms with E-state index in [-0.39, 0.29) is 41.2 Å². The van der Waals surface area contributed by atoms with Crippen molar-refractivity contribution in [2.75, 3.05) is 44.1 Å². The third kappa shape index (κ3) is 4.76. The number of hydrogen-bond donors (Lipinski definition) is 0. The quantitative estimate of drug-likeness (QED) is 0.512. The number of carbonyl (C=O) groups excluding carboxylic acids is 2. The van der Waals surface area contributed by atoms with Crippen LogP contribution in [0.4, 0.5) is 5.69 Å². The van der Waals surface area contributed by atoms with Crippen molar-refractivity contribution in [3.8, 4) is 5.75 Å². The molecule has 2 aromatic carbocycles. The molecule has 0 spiro atoms. The lowest BCUT2D eigenvalue weighted by molar-refractivity contribution is -0.131. The summed E-state index contributed by atoms with van der Waals surface area (Å²) in [7, 11) is -2.60. The van der Waals surface area contributed by atoms with Crippen molar-refractivity contribution in [1.82, 2.24) is 9.80 Å². The molecular formula is C24H25N3O6S. The Labute approximate surface area is 198 Å². The van der Waals surface area contributed by atoms with Gasteiger partial charge in [0.25, 0.3) is 15.9 Å². The minimum Gasteiger partial charge on any atom is -0.495 e. The zero-order valence-corrected chi connectivity index (χ0v) is 19.5. The highest BCUT2D eigenvalue weighted by atomic mass is 32.2. The molecule has 1 aromatic heterocycles. The lowest BCUT2D eigenvalue weighted by atomic mass is 10.2. The van der Waals surface area contributed by atoms with E-state index >= 15 is 0 Å². The Morgan fingerprint density at radius 2 is 1.56 bits per heavy atom. The largest absolute Gasteiger partial charge is 0.495 e. The lowest BCUT2D eigenvalue weighted by Gasteiger charge is -2.35. The van der Waals surface area contributed by atoms with E-state index in [2.05, 4.69) is 0 Å². The van der Waals surface area contributed by atoms with Crippen molar-refractivity contribution in [1.29, 1.82) is 0 Å². The summed E-state index contributed by atoms with van der Waals surface area (Å²) in [5.41, 5.74) is 0.272. The van der Waals surface area contributed by atoms with E-state index in [1.807, 2.05) is 0 Å². The van der Waals surface area contributed by atoms with E-state index < -0.39 is 16.6 Å². The number of ether oxygens (including phenoxy) is 1. The highest BCUT2D eigenvalue weighted by molar-refractivity contribution is 7.92. The van der Waals surface area contributed by atoms with Gasteiger partial charge in [-0.15, -0.1) is 0 Å². The first-order chi connectivity index (χ1) is 16.4. The molecule has 2 amide bonds. The molecule has 0 atom stereocenters. The van der Waals surface area contributed by atoms with Gasteiger partial charge in [0.15, 0.2) is 5.76 Å². The van der Waals surface area contributed by atoms with Crippen LogP contribution < -0.4 is 9.04 Å². The summed E-state index contributed by atoms with van der Waals surface area (Å²) in [5, 5.41) is 0. The summed E-state index contributed by atoms with van der Waals surface area (Å²) < 4.78 is 38.7. The van der Waals surface area contributed by atoms with E-state index in [9.17, 15) is 18.0 Å². The summed E-state index contributed by atoms with van der Waals surface area (Å²) in [6.07, 6.45) is 1.44. The van der Waals surface area contributed by atoms with Gasteiger partial charge in [0, 0.05) is 26.2 Å². The maximum Gasteiger partial charge on any atom is 0.289 e. The van der Waals surface area contributed by atoms with Crippen LogP contribution >= 0.6 is 0 Å². The van der Waals surface area contributed by atoms with Crippen molar-refractivity contribution in [2.45, 2.75) is 4.90 Å². The fourth-order valence-electron chi connectivity index (χ4n) is 3.79. The van der Waals surface area contributed by atoms with Gasteiger partial charge in [-0.1, -0.05) is 30.3 Å². The molecule has 4 rings (SSSR count). The van der Waals surface area contributed by atoms with E-state index in [1.54, 1.807) is 64.4 Å². The van der Waals surface area contributed by atoms with Gasteiger partial charge in [0.05, 0.1) is 24.0 Å². The van der Waals surface area contributed by atoms with Gasteiger partial charge in [-0.25, -0.2) is 8.42 Å². The third-order valence-corrected chi connectivity index (χ3v) is 7.39. The number of hydrogen-bond acceptors (Lipinski definition) is 6. The number of para-hydroxylation sites is 2. The second kappa shape index (κ2) is 10.0. The van der Waals surface area contributed by atoms with E-state index in [0.717, 1.165) is 4.31 Å². The van der Waals surface area contributed by atoms with Crippen molar-refractivity contribution < 1.29 is 27.2 Å². The summed E-state index contributed by atoms with van der Waals surface area (Å²) >= 11 is 0. The van der Waals surface area contributed by atoms with Crippen LogP contribution in [-0.2, 0) is 14.8 Å². The molecule has 0 aliphatic carbocycles. The van der Waals surface area contributed by atoms with E-state index in [4.69, 9.17) is 9.15 Å². The third-order valence-electron chi connectivity index (χ3n) is 5.62. The SMILES string of the molecule is COc1ccccc1N(CC(=O)N1CCN(C(=O)c2ccco2)CC1)S(=O)(=O)c1ccccc1. The minimum atomic E-state index is -4.05. The molecule has 1 aliphatic heterocycles. The highest BCUT2D eigenvalue weighted by Gasteiger charge is 2.32. The van der Waals surface area contributed by atoms with Crippen molar-refractivity contribution in [3.05, 3.63) is 78.8 Å². The van der Waals surface area contributed by atoms with Crippen LogP contribution in [-0.4, -0.2) is 69.9 Å². The zero-order chi connectivity index (χ0) is 24.1. The number of rotatable bonds is 7. The molecule has 0 bridgehead atoms. The summed E-state index contributed by atoms with van der Waals surface area (Å²) in [4.78, 5) is 29.0. The minimum absolute atomic E-state index is 0.0718. The number of carbonyl (C=O) groups is 2. The van der Waals surface area contributed by atoms with Gasteiger partial charge < -0.3 is 19.0 Å². The van der Waals surface area contributed by atoms with Gasteiger partial charge in [0.1, 0.15) is 12.3 Å². The molecule has 1 saturated heterocycles. The molecule has 0 radical (unpaired) electrons. The molecule has 1 fully saturated rings. The normalized spacial score (nSPS) is 14.0. The van der Waals surface area contributed by atoms with Crippen LogP contribution in [0.15, 0.2) is 82.3 Å². The average molecular weight is 484 g/mol. The Bertz CT molecular complexity index is 1240. The van der Waals surface area contributed by atoms with E-state index in [0.29, 0.717) is 18.8 Å². The number of anilines is 1. The Morgan fingerprint density at radius 1 is 0.912 bits per heavy atom. The predicted octanol–water partition coefficient (Wildman–Crippen LogP) is 2.47. The molecular weight excluding hydrogens is 458 g/mol. The smallest absolute Gasteiger partial charge is 0.289 e. The molecule has 34 heavy (non-hydrogen) atoms. The van der Waals surface area contributed by atoms with Crippen molar-refractivity contribution in [3.63, 3.8) is 0 Å². The van der Waals surface area contributed by atoms with Crippen LogP contribution in [0.25, 0.3) is 0 Å². The number of nitrogens with zero attached hydrogens (tertiary/aromatic N) is 3. The zero-order valence-electron chi connectivity index (χ0n) is 18.7.